The highest BCUT2D eigenvalue weighted by molar-refractivity contribution is 7.80. The Bertz CT molecular complexity index is 871. The molecule has 2 N–H and O–H groups in total. The topological polar surface area (TPSA) is 50.4 Å². The Kier molecular flexibility index (Phi) is 6.17. The molecule has 2 aromatic rings. The van der Waals surface area contributed by atoms with E-state index >= 15 is 0 Å². The summed E-state index contributed by atoms with van der Waals surface area (Å²) in [7, 11) is 1.43. The van der Waals surface area contributed by atoms with Gasteiger partial charge >= 0.3 is 5.97 Å². The molecule has 0 fully saturated rings. The van der Waals surface area contributed by atoms with Gasteiger partial charge in [0, 0.05) is 10.6 Å². The number of anilines is 2. The van der Waals surface area contributed by atoms with E-state index in [1.165, 1.54) is 17.6 Å². The van der Waals surface area contributed by atoms with Crippen LogP contribution in [0.3, 0.4) is 0 Å². The molecule has 0 amide bonds. The number of nitrogens with one attached hydrogen (secondary N) is 2. The van der Waals surface area contributed by atoms with Crippen molar-refractivity contribution in [2.45, 2.75) is 52.4 Å². The number of carbonyl (C=O) groups excluding carboxylic acids is 1. The highest BCUT2D eigenvalue weighted by Crippen LogP contribution is 2.38. The number of hydrogen-bond donors (Lipinski definition) is 2. The Hall–Kier alpha value is -1.92. The number of carbonyl (C=O) groups is 1. The maximum absolute atomic E-state index is 12.4. The highest BCUT2D eigenvalue weighted by Gasteiger charge is 2.26. The van der Waals surface area contributed by atoms with Crippen molar-refractivity contribution in [1.29, 1.82) is 0 Å². The van der Waals surface area contributed by atoms with Crippen LogP contribution in [0.5, 0.6) is 0 Å². The lowest BCUT2D eigenvalue weighted by atomic mass is 9.95. The van der Waals surface area contributed by atoms with Gasteiger partial charge in [0.15, 0.2) is 5.11 Å². The highest BCUT2D eigenvalue weighted by atomic mass is 32.1. The van der Waals surface area contributed by atoms with Gasteiger partial charge in [-0.3, -0.25) is 0 Å². The van der Waals surface area contributed by atoms with Gasteiger partial charge in [-0.1, -0.05) is 32.0 Å². The molecule has 0 aliphatic heterocycles. The van der Waals surface area contributed by atoms with E-state index in [4.69, 9.17) is 17.0 Å². The van der Waals surface area contributed by atoms with E-state index < -0.39 is 0 Å². The molecule has 6 heteroatoms. The number of para-hydroxylation sites is 1. The second-order valence-corrected chi connectivity index (χ2v) is 8.69. The Labute approximate surface area is 170 Å². The smallest absolute Gasteiger partial charge is 0.341 e. The van der Waals surface area contributed by atoms with Crippen LogP contribution < -0.4 is 10.6 Å². The number of aryl methyl sites for hydroxylation is 2. The number of thiocarbonyl (C=S) groups is 1. The quantitative estimate of drug-likeness (QED) is 0.511. The predicted molar refractivity (Wildman–Crippen MR) is 117 cm³/mol. The van der Waals surface area contributed by atoms with E-state index in [-0.39, 0.29) is 5.97 Å². The summed E-state index contributed by atoms with van der Waals surface area (Å²) in [5.74, 6) is 0.0911. The van der Waals surface area contributed by atoms with Crippen molar-refractivity contribution in [2.24, 2.45) is 0 Å². The van der Waals surface area contributed by atoms with Gasteiger partial charge < -0.3 is 15.4 Å². The molecule has 0 unspecified atom stereocenters. The molecule has 0 bridgehead atoms. The lowest BCUT2D eigenvalue weighted by Gasteiger charge is -2.18. The molecule has 3 rings (SSSR count). The van der Waals surface area contributed by atoms with Crippen LogP contribution >= 0.6 is 23.6 Å². The van der Waals surface area contributed by atoms with Crippen molar-refractivity contribution in [2.75, 3.05) is 17.7 Å². The predicted octanol–water partition coefficient (Wildman–Crippen LogP) is 5.65. The summed E-state index contributed by atoms with van der Waals surface area (Å²) in [5.41, 5.74) is 5.17. The first-order valence-electron chi connectivity index (χ1n) is 9.32. The molecule has 144 valence electrons. The van der Waals surface area contributed by atoms with E-state index in [2.05, 4.69) is 49.6 Å². The zero-order valence-corrected chi connectivity index (χ0v) is 17.9. The van der Waals surface area contributed by atoms with E-state index in [1.54, 1.807) is 11.3 Å². The number of thiophene rings is 1. The van der Waals surface area contributed by atoms with Crippen molar-refractivity contribution in [3.05, 3.63) is 45.3 Å². The summed E-state index contributed by atoms with van der Waals surface area (Å²) < 4.78 is 5.03. The number of rotatable bonds is 4. The van der Waals surface area contributed by atoms with Gasteiger partial charge in [-0.25, -0.2) is 4.79 Å². The van der Waals surface area contributed by atoms with Crippen molar-refractivity contribution in [1.82, 2.24) is 0 Å². The van der Waals surface area contributed by atoms with Crippen molar-refractivity contribution < 1.29 is 9.53 Å². The lowest BCUT2D eigenvalue weighted by molar-refractivity contribution is 0.0601. The Morgan fingerprint density at radius 3 is 2.67 bits per heavy atom. The summed E-state index contributed by atoms with van der Waals surface area (Å²) in [5, 5.41) is 7.89. The Morgan fingerprint density at radius 1 is 1.22 bits per heavy atom. The first-order valence-corrected chi connectivity index (χ1v) is 10.5. The zero-order chi connectivity index (χ0) is 19.6. The van der Waals surface area contributed by atoms with Gasteiger partial charge in [-0.05, 0) is 67.4 Å². The van der Waals surface area contributed by atoms with Crippen LogP contribution in [0.1, 0.15) is 64.5 Å². The van der Waals surface area contributed by atoms with E-state index in [9.17, 15) is 4.79 Å². The molecule has 27 heavy (non-hydrogen) atoms. The minimum atomic E-state index is -0.293. The molecule has 0 spiro atoms. The fraction of sp³-hybridized carbons (Fsp3) is 0.429. The molecule has 0 radical (unpaired) electrons. The van der Waals surface area contributed by atoms with Gasteiger partial charge in [0.05, 0.1) is 12.7 Å². The third kappa shape index (κ3) is 4.17. The number of fused-ring (bicyclic) bond motifs is 1. The van der Waals surface area contributed by atoms with Gasteiger partial charge in [0.1, 0.15) is 5.00 Å². The van der Waals surface area contributed by atoms with Crippen molar-refractivity contribution >= 4 is 45.3 Å². The number of esters is 1. The number of ether oxygens (including phenoxy) is 1. The summed E-state index contributed by atoms with van der Waals surface area (Å²) in [4.78, 5) is 13.7. The maximum atomic E-state index is 12.4. The second-order valence-electron chi connectivity index (χ2n) is 7.18. The fourth-order valence-corrected chi connectivity index (χ4v) is 5.11. The van der Waals surface area contributed by atoms with Crippen LogP contribution in [0, 0.1) is 6.92 Å². The standard InChI is InChI=1S/C21H26N2O2S2/c1-12(2)14-10-7-8-13(3)18(14)22-21(26)23-19-17(20(24)25-4)15-9-5-6-11-16(15)27-19/h7-8,10,12H,5-6,9,11H2,1-4H3,(H2,22,23,26). The molecule has 1 aliphatic rings. The first kappa shape index (κ1) is 19.8. The molecular formula is C21H26N2O2S2. The number of benzene rings is 1. The van der Waals surface area contributed by atoms with Gasteiger partial charge in [0.2, 0.25) is 0 Å². The van der Waals surface area contributed by atoms with Crippen LogP contribution in [0.2, 0.25) is 0 Å². The molecule has 4 nitrogen and oxygen atoms in total. The molecule has 0 saturated carbocycles. The third-order valence-electron chi connectivity index (χ3n) is 4.95. The molecule has 1 heterocycles. The van der Waals surface area contributed by atoms with Crippen LogP contribution in [-0.4, -0.2) is 18.2 Å². The van der Waals surface area contributed by atoms with Gasteiger partial charge in [-0.15, -0.1) is 11.3 Å². The number of methoxy groups -OCH3 is 1. The summed E-state index contributed by atoms with van der Waals surface area (Å²) in [6.07, 6.45) is 4.21. The summed E-state index contributed by atoms with van der Waals surface area (Å²) in [6.45, 7) is 6.40. The summed E-state index contributed by atoms with van der Waals surface area (Å²) in [6, 6.07) is 6.25. The molecule has 1 aromatic heterocycles. The zero-order valence-electron chi connectivity index (χ0n) is 16.3. The average Bonchev–Trinajstić information content (AvgIpc) is 3.00. The molecular weight excluding hydrogens is 376 g/mol. The van der Waals surface area contributed by atoms with E-state index in [0.29, 0.717) is 16.6 Å². The molecule has 1 aliphatic carbocycles. The normalized spacial score (nSPS) is 13.2. The Balaban J connectivity index is 1.87. The molecule has 0 saturated heterocycles. The lowest BCUT2D eigenvalue weighted by Crippen LogP contribution is -2.21. The van der Waals surface area contributed by atoms with Crippen LogP contribution in [0.25, 0.3) is 0 Å². The minimum absolute atomic E-state index is 0.293. The van der Waals surface area contributed by atoms with Crippen molar-refractivity contribution in [3.63, 3.8) is 0 Å². The van der Waals surface area contributed by atoms with Crippen LogP contribution in [-0.2, 0) is 17.6 Å². The maximum Gasteiger partial charge on any atom is 0.341 e. The first-order chi connectivity index (χ1) is 12.9. The van der Waals surface area contributed by atoms with Gasteiger partial charge in [0.25, 0.3) is 0 Å². The van der Waals surface area contributed by atoms with Crippen LogP contribution in [0.4, 0.5) is 10.7 Å². The monoisotopic (exact) mass is 402 g/mol. The van der Waals surface area contributed by atoms with Gasteiger partial charge in [-0.2, -0.15) is 0 Å². The summed E-state index contributed by atoms with van der Waals surface area (Å²) >= 11 is 7.20. The minimum Gasteiger partial charge on any atom is -0.465 e. The van der Waals surface area contributed by atoms with Crippen LogP contribution in [0.15, 0.2) is 18.2 Å². The third-order valence-corrected chi connectivity index (χ3v) is 6.36. The SMILES string of the molecule is COC(=O)c1c(NC(=S)Nc2c(C)cccc2C(C)C)sc2c1CCCC2. The number of hydrogen-bond acceptors (Lipinski definition) is 4. The van der Waals surface area contributed by atoms with E-state index in [0.717, 1.165) is 47.5 Å². The fourth-order valence-electron chi connectivity index (χ4n) is 3.56. The largest absolute Gasteiger partial charge is 0.465 e. The Morgan fingerprint density at radius 2 is 1.96 bits per heavy atom. The average molecular weight is 403 g/mol. The van der Waals surface area contributed by atoms with E-state index in [1.807, 2.05) is 0 Å². The van der Waals surface area contributed by atoms with Crippen molar-refractivity contribution in [3.8, 4) is 0 Å². The second kappa shape index (κ2) is 8.40. The molecule has 1 aromatic carbocycles. The molecule has 0 atom stereocenters.